The van der Waals surface area contributed by atoms with Gasteiger partial charge in [0.15, 0.2) is 5.69 Å². The number of rotatable bonds is 3. The lowest BCUT2D eigenvalue weighted by Gasteiger charge is -2.08. The molecule has 0 atom stereocenters. The van der Waals surface area contributed by atoms with E-state index >= 15 is 0 Å². The molecule has 0 unspecified atom stereocenters. The lowest BCUT2D eigenvalue weighted by atomic mass is 10.0. The number of hydrogen-bond acceptors (Lipinski definition) is 5. The minimum atomic E-state index is -0.636. The van der Waals surface area contributed by atoms with Crippen molar-refractivity contribution in [3.63, 3.8) is 0 Å². The Morgan fingerprint density at radius 2 is 1.65 bits per heavy atom. The number of furan rings is 1. The average Bonchev–Trinajstić information content (AvgIpc) is 3.21. The number of hydrogen-bond donors (Lipinski definition) is 3. The van der Waals surface area contributed by atoms with Crippen molar-refractivity contribution >= 4 is 44.3 Å². The molecule has 0 saturated heterocycles. The van der Waals surface area contributed by atoms with Gasteiger partial charge in [0.25, 0.3) is 11.5 Å². The Balaban J connectivity index is 1.35. The molecule has 0 bridgehead atoms. The quantitative estimate of drug-likeness (QED) is 0.394. The van der Waals surface area contributed by atoms with Crippen LogP contribution < -0.4 is 16.4 Å². The van der Waals surface area contributed by atoms with Crippen LogP contribution in [-0.4, -0.2) is 22.0 Å². The molecule has 5 rings (SSSR count). The van der Waals surface area contributed by atoms with Gasteiger partial charge in [0.1, 0.15) is 5.58 Å². The summed E-state index contributed by atoms with van der Waals surface area (Å²) in [4.78, 5) is 36.9. The Hall–Kier alpha value is -4.46. The lowest BCUT2D eigenvalue weighted by molar-refractivity contribution is -0.121. The van der Waals surface area contributed by atoms with Crippen LogP contribution in [0.3, 0.4) is 0 Å². The molecule has 0 fully saturated rings. The normalized spacial score (nSPS) is 11.1. The number of aromatic nitrogens is 2. The molecule has 2 aromatic heterocycles. The van der Waals surface area contributed by atoms with Crippen LogP contribution in [-0.2, 0) is 11.2 Å². The number of fused-ring (bicyclic) bond motifs is 4. The smallest absolute Gasteiger partial charge is 0.290 e. The molecule has 3 aromatic carbocycles. The molecular formula is C23H16N4O4. The summed E-state index contributed by atoms with van der Waals surface area (Å²) in [6.45, 7) is 0. The SMILES string of the molecule is O=C(Cc1coc2ccc3ccccc3c12)NNC(=O)c1n[nH]c(=O)c2ccccc12. The molecule has 152 valence electrons. The molecule has 31 heavy (non-hydrogen) atoms. The summed E-state index contributed by atoms with van der Waals surface area (Å²) < 4.78 is 5.60. The summed E-state index contributed by atoms with van der Waals surface area (Å²) in [5, 5.41) is 9.75. The van der Waals surface area contributed by atoms with Gasteiger partial charge in [-0.15, -0.1) is 0 Å². The third-order valence-electron chi connectivity index (χ3n) is 5.12. The van der Waals surface area contributed by atoms with E-state index in [1.54, 1.807) is 30.5 Å². The topological polar surface area (TPSA) is 117 Å². The number of H-pyrrole nitrogens is 1. The van der Waals surface area contributed by atoms with Crippen LogP contribution in [0.2, 0.25) is 0 Å². The van der Waals surface area contributed by atoms with Gasteiger partial charge < -0.3 is 4.42 Å². The van der Waals surface area contributed by atoms with Crippen LogP contribution in [0.1, 0.15) is 16.1 Å². The van der Waals surface area contributed by atoms with Gasteiger partial charge in [-0.1, -0.05) is 48.5 Å². The molecule has 2 heterocycles. The van der Waals surface area contributed by atoms with Gasteiger partial charge in [-0.05, 0) is 22.9 Å². The first-order chi connectivity index (χ1) is 15.1. The molecule has 0 aliphatic carbocycles. The molecule has 8 nitrogen and oxygen atoms in total. The monoisotopic (exact) mass is 412 g/mol. The van der Waals surface area contributed by atoms with Gasteiger partial charge in [0, 0.05) is 16.3 Å². The highest BCUT2D eigenvalue weighted by atomic mass is 16.3. The van der Waals surface area contributed by atoms with E-state index in [0.717, 1.165) is 16.2 Å². The average molecular weight is 412 g/mol. The first kappa shape index (κ1) is 18.6. The zero-order valence-electron chi connectivity index (χ0n) is 16.1. The van der Waals surface area contributed by atoms with Crippen molar-refractivity contribution in [3.8, 4) is 0 Å². The Kier molecular flexibility index (Phi) is 4.44. The van der Waals surface area contributed by atoms with Crippen LogP contribution in [0, 0.1) is 0 Å². The van der Waals surface area contributed by atoms with E-state index in [4.69, 9.17) is 4.42 Å². The maximum atomic E-state index is 12.5. The minimum absolute atomic E-state index is 0.00950. The fraction of sp³-hybridized carbons (Fsp3) is 0.0435. The van der Waals surface area contributed by atoms with Gasteiger partial charge in [0.05, 0.1) is 18.1 Å². The largest absolute Gasteiger partial charge is 0.464 e. The molecule has 0 spiro atoms. The second-order valence-corrected chi connectivity index (χ2v) is 7.05. The Bertz CT molecular complexity index is 1530. The number of amides is 2. The molecule has 5 aromatic rings. The Morgan fingerprint density at radius 1 is 0.903 bits per heavy atom. The molecule has 8 heteroatoms. The van der Waals surface area contributed by atoms with E-state index in [0.29, 0.717) is 21.9 Å². The second-order valence-electron chi connectivity index (χ2n) is 7.05. The molecule has 0 aliphatic rings. The summed E-state index contributed by atoms with van der Waals surface area (Å²) in [7, 11) is 0. The van der Waals surface area contributed by atoms with E-state index < -0.39 is 17.4 Å². The number of carbonyl (C=O) groups is 2. The maximum absolute atomic E-state index is 12.5. The summed E-state index contributed by atoms with van der Waals surface area (Å²) in [5.41, 5.74) is 5.77. The molecule has 3 N–H and O–H groups in total. The number of hydrazine groups is 1. The van der Waals surface area contributed by atoms with Gasteiger partial charge in [-0.3, -0.25) is 25.2 Å². The van der Waals surface area contributed by atoms with Gasteiger partial charge in [-0.2, -0.15) is 5.10 Å². The molecule has 0 aliphatic heterocycles. The second kappa shape index (κ2) is 7.42. The van der Waals surface area contributed by atoms with Crippen molar-refractivity contribution in [2.24, 2.45) is 0 Å². The van der Waals surface area contributed by atoms with Crippen molar-refractivity contribution in [1.82, 2.24) is 21.0 Å². The van der Waals surface area contributed by atoms with Crippen LogP contribution in [0.5, 0.6) is 0 Å². The summed E-state index contributed by atoms with van der Waals surface area (Å²) in [6.07, 6.45) is 1.57. The summed E-state index contributed by atoms with van der Waals surface area (Å²) in [6, 6.07) is 18.3. The first-order valence-electron chi connectivity index (χ1n) is 9.56. The number of carbonyl (C=O) groups excluding carboxylic acids is 2. The predicted octanol–water partition coefficient (Wildman–Crippen LogP) is 2.83. The standard InChI is InChI=1S/C23H16N4O4/c28-19(11-14-12-31-18-10-9-13-5-1-2-6-15(13)20(14)18)24-27-23(30)21-16-7-3-4-8-17(16)22(29)26-25-21/h1-10,12H,11H2,(H,24,28)(H,26,29)(H,27,30). The van der Waals surface area contributed by atoms with Gasteiger partial charge >= 0.3 is 0 Å². The zero-order valence-corrected chi connectivity index (χ0v) is 16.1. The number of benzene rings is 3. The molecule has 2 amide bonds. The van der Waals surface area contributed by atoms with Crippen molar-refractivity contribution < 1.29 is 14.0 Å². The Labute approximate surface area is 174 Å². The maximum Gasteiger partial charge on any atom is 0.290 e. The van der Waals surface area contributed by atoms with E-state index in [2.05, 4.69) is 21.0 Å². The van der Waals surface area contributed by atoms with Gasteiger partial charge in [-0.25, -0.2) is 5.10 Å². The lowest BCUT2D eigenvalue weighted by Crippen LogP contribution is -2.43. The van der Waals surface area contributed by atoms with Crippen molar-refractivity contribution in [2.75, 3.05) is 0 Å². The fourth-order valence-electron chi connectivity index (χ4n) is 3.70. The van der Waals surface area contributed by atoms with Crippen molar-refractivity contribution in [2.45, 2.75) is 6.42 Å². The zero-order chi connectivity index (χ0) is 21.4. The van der Waals surface area contributed by atoms with Crippen molar-refractivity contribution in [1.29, 1.82) is 0 Å². The predicted molar refractivity (Wildman–Crippen MR) is 115 cm³/mol. The first-order valence-corrected chi connectivity index (χ1v) is 9.56. The highest BCUT2D eigenvalue weighted by Crippen LogP contribution is 2.30. The highest BCUT2D eigenvalue weighted by Gasteiger charge is 2.16. The number of aromatic amines is 1. The highest BCUT2D eigenvalue weighted by molar-refractivity contribution is 6.09. The third kappa shape index (κ3) is 3.29. The van der Waals surface area contributed by atoms with Gasteiger partial charge in [0.2, 0.25) is 5.91 Å². The number of nitrogens with zero attached hydrogens (tertiary/aromatic N) is 1. The van der Waals surface area contributed by atoms with Crippen molar-refractivity contribution in [3.05, 3.63) is 88.5 Å². The molecule has 0 saturated carbocycles. The third-order valence-corrected chi connectivity index (χ3v) is 5.12. The molecule has 0 radical (unpaired) electrons. The number of nitrogens with one attached hydrogen (secondary N) is 3. The summed E-state index contributed by atoms with van der Waals surface area (Å²) in [5.74, 6) is -1.05. The minimum Gasteiger partial charge on any atom is -0.464 e. The van der Waals surface area contributed by atoms with E-state index in [1.165, 1.54) is 0 Å². The van der Waals surface area contributed by atoms with E-state index in [9.17, 15) is 14.4 Å². The Morgan fingerprint density at radius 3 is 2.48 bits per heavy atom. The van der Waals surface area contributed by atoms with Crippen LogP contribution in [0.4, 0.5) is 0 Å². The molecular weight excluding hydrogens is 396 g/mol. The van der Waals surface area contributed by atoms with Crippen LogP contribution in [0.25, 0.3) is 32.5 Å². The van der Waals surface area contributed by atoms with E-state index in [-0.39, 0.29) is 12.1 Å². The summed E-state index contributed by atoms with van der Waals surface area (Å²) >= 11 is 0. The van der Waals surface area contributed by atoms with Crippen LogP contribution in [0.15, 0.2) is 76.1 Å². The fourth-order valence-corrected chi connectivity index (χ4v) is 3.70. The van der Waals surface area contributed by atoms with Crippen LogP contribution >= 0.6 is 0 Å². The van der Waals surface area contributed by atoms with E-state index in [1.807, 2.05) is 36.4 Å².